The van der Waals surface area contributed by atoms with E-state index in [1.807, 2.05) is 0 Å². The summed E-state index contributed by atoms with van der Waals surface area (Å²) in [6.45, 7) is 1.93. The summed E-state index contributed by atoms with van der Waals surface area (Å²) in [5.41, 5.74) is 9.97. The first-order chi connectivity index (χ1) is 13.7. The fourth-order valence-electron chi connectivity index (χ4n) is 4.99. The summed E-state index contributed by atoms with van der Waals surface area (Å²) >= 11 is 0. The molecule has 6 heteroatoms. The molecule has 3 heterocycles. The number of anilines is 2. The number of aromatic nitrogens is 3. The minimum atomic E-state index is 0.208. The summed E-state index contributed by atoms with van der Waals surface area (Å²) in [6.07, 6.45) is 13.3. The smallest absolute Gasteiger partial charge is 0.229 e. The zero-order chi connectivity index (χ0) is 19.1. The summed E-state index contributed by atoms with van der Waals surface area (Å²) in [7, 11) is 0. The zero-order valence-corrected chi connectivity index (χ0v) is 16.3. The van der Waals surface area contributed by atoms with Crippen LogP contribution in [0.2, 0.25) is 0 Å². The molecular formula is C22H27N5O. The van der Waals surface area contributed by atoms with Crippen molar-refractivity contribution in [3.8, 4) is 0 Å². The number of piperidine rings is 1. The van der Waals surface area contributed by atoms with Crippen molar-refractivity contribution in [3.63, 3.8) is 0 Å². The maximum Gasteiger partial charge on any atom is 0.229 e. The number of carbonyl (C=O) groups excluding carboxylic acids is 1. The fourth-order valence-corrected chi connectivity index (χ4v) is 4.99. The monoisotopic (exact) mass is 377 g/mol. The van der Waals surface area contributed by atoms with Crippen molar-refractivity contribution in [2.45, 2.75) is 63.7 Å². The number of aryl methyl sites for hydroxylation is 1. The molecule has 1 atom stereocenters. The van der Waals surface area contributed by atoms with Gasteiger partial charge in [-0.2, -0.15) is 9.97 Å². The van der Waals surface area contributed by atoms with E-state index in [-0.39, 0.29) is 11.7 Å². The third kappa shape index (κ3) is 2.95. The number of fused-ring (bicyclic) bond motifs is 2. The van der Waals surface area contributed by atoms with Gasteiger partial charge in [0.25, 0.3) is 0 Å². The third-order valence-electron chi connectivity index (χ3n) is 6.39. The maximum atomic E-state index is 12.9. The van der Waals surface area contributed by atoms with Gasteiger partial charge in [-0.3, -0.25) is 4.79 Å². The van der Waals surface area contributed by atoms with Crippen LogP contribution in [0.1, 0.15) is 78.9 Å². The van der Waals surface area contributed by atoms with Gasteiger partial charge in [-0.25, -0.2) is 4.98 Å². The minimum absolute atomic E-state index is 0.208. The summed E-state index contributed by atoms with van der Waals surface area (Å²) in [5.74, 6) is 1.66. The molecule has 1 fully saturated rings. The highest BCUT2D eigenvalue weighted by Gasteiger charge is 2.31. The molecule has 2 aromatic rings. The van der Waals surface area contributed by atoms with Crippen LogP contribution in [0.15, 0.2) is 12.2 Å². The number of nitrogens with zero attached hydrogens (tertiary/aromatic N) is 4. The van der Waals surface area contributed by atoms with E-state index in [2.05, 4.69) is 22.0 Å². The summed E-state index contributed by atoms with van der Waals surface area (Å²) < 4.78 is 0. The Balaban J connectivity index is 1.72. The largest absolute Gasteiger partial charge is 0.383 e. The highest BCUT2D eigenvalue weighted by molar-refractivity contribution is 6.05. The standard InChI is InChI=1S/C22H27N5O/c23-20-19-17(14-8-3-1-4-9-14)18-15(10-7-11-16(18)28)24-21(19)26-22(25-20)27-12-5-2-6-13-27/h1,3,14H,2,4-13H2,(H2,23,24,25,26). The van der Waals surface area contributed by atoms with Gasteiger partial charge < -0.3 is 10.6 Å². The number of hydrogen-bond acceptors (Lipinski definition) is 6. The number of hydrogen-bond donors (Lipinski definition) is 1. The predicted octanol–water partition coefficient (Wildman–Crippen LogP) is 3.94. The number of pyridine rings is 1. The van der Waals surface area contributed by atoms with E-state index in [0.29, 0.717) is 23.8 Å². The second-order valence-corrected chi connectivity index (χ2v) is 8.26. The number of carbonyl (C=O) groups is 1. The van der Waals surface area contributed by atoms with Crippen LogP contribution in [0.4, 0.5) is 11.8 Å². The summed E-state index contributed by atoms with van der Waals surface area (Å²) in [5, 5.41) is 0.815. The van der Waals surface area contributed by atoms with Gasteiger partial charge in [0.05, 0.1) is 11.1 Å². The molecule has 3 aliphatic rings. The average molecular weight is 377 g/mol. The van der Waals surface area contributed by atoms with Crippen LogP contribution in [0.3, 0.4) is 0 Å². The number of rotatable bonds is 2. The zero-order valence-electron chi connectivity index (χ0n) is 16.3. The average Bonchev–Trinajstić information content (AvgIpc) is 2.73. The normalized spacial score (nSPS) is 22.5. The molecule has 0 radical (unpaired) electrons. The van der Waals surface area contributed by atoms with Gasteiger partial charge in [-0.15, -0.1) is 0 Å². The first-order valence-corrected chi connectivity index (χ1v) is 10.7. The quantitative estimate of drug-likeness (QED) is 0.798. The van der Waals surface area contributed by atoms with Crippen molar-refractivity contribution >= 4 is 28.6 Å². The first kappa shape index (κ1) is 17.6. The molecule has 0 bridgehead atoms. The molecule has 1 saturated heterocycles. The molecule has 1 unspecified atom stereocenters. The molecule has 6 nitrogen and oxygen atoms in total. The molecule has 28 heavy (non-hydrogen) atoms. The molecule has 0 saturated carbocycles. The van der Waals surface area contributed by atoms with Gasteiger partial charge in [0.1, 0.15) is 5.82 Å². The molecular weight excluding hydrogens is 350 g/mol. The lowest BCUT2D eigenvalue weighted by molar-refractivity contribution is 0.0970. The molecule has 0 aromatic carbocycles. The van der Waals surface area contributed by atoms with Crippen molar-refractivity contribution in [1.29, 1.82) is 0 Å². The van der Waals surface area contributed by atoms with Gasteiger partial charge in [0.15, 0.2) is 11.4 Å². The highest BCUT2D eigenvalue weighted by Crippen LogP contribution is 2.41. The topological polar surface area (TPSA) is 85.0 Å². The molecule has 1 aliphatic heterocycles. The number of ketones is 1. The van der Waals surface area contributed by atoms with Crippen LogP contribution >= 0.6 is 0 Å². The van der Waals surface area contributed by atoms with Gasteiger partial charge in [0.2, 0.25) is 5.95 Å². The summed E-state index contributed by atoms with van der Waals surface area (Å²) in [6, 6.07) is 0. The Morgan fingerprint density at radius 3 is 2.64 bits per heavy atom. The van der Waals surface area contributed by atoms with E-state index < -0.39 is 0 Å². The maximum absolute atomic E-state index is 12.9. The molecule has 2 aliphatic carbocycles. The number of nitrogen functional groups attached to an aromatic ring is 1. The Bertz CT molecular complexity index is 961. The molecule has 146 valence electrons. The van der Waals surface area contributed by atoms with Crippen molar-refractivity contribution in [2.75, 3.05) is 23.7 Å². The van der Waals surface area contributed by atoms with Crippen LogP contribution in [0.25, 0.3) is 11.0 Å². The Morgan fingerprint density at radius 2 is 1.86 bits per heavy atom. The lowest BCUT2D eigenvalue weighted by atomic mass is 9.79. The van der Waals surface area contributed by atoms with E-state index in [4.69, 9.17) is 15.7 Å². The van der Waals surface area contributed by atoms with Crippen molar-refractivity contribution < 1.29 is 4.79 Å². The second kappa shape index (κ2) is 7.15. The minimum Gasteiger partial charge on any atom is -0.383 e. The number of nitrogens with two attached hydrogens (primary N) is 1. The fraction of sp³-hybridized carbons (Fsp3) is 0.545. The predicted molar refractivity (Wildman–Crippen MR) is 111 cm³/mol. The van der Waals surface area contributed by atoms with Crippen molar-refractivity contribution in [2.24, 2.45) is 0 Å². The van der Waals surface area contributed by atoms with Gasteiger partial charge in [-0.05, 0) is 62.8 Å². The third-order valence-corrected chi connectivity index (χ3v) is 6.39. The lowest BCUT2D eigenvalue weighted by Gasteiger charge is -2.29. The van der Waals surface area contributed by atoms with Crippen molar-refractivity contribution in [3.05, 3.63) is 29.0 Å². The van der Waals surface area contributed by atoms with Crippen LogP contribution < -0.4 is 10.6 Å². The lowest BCUT2D eigenvalue weighted by Crippen LogP contribution is -2.31. The van der Waals surface area contributed by atoms with E-state index in [0.717, 1.165) is 80.2 Å². The Morgan fingerprint density at radius 1 is 1.00 bits per heavy atom. The van der Waals surface area contributed by atoms with E-state index in [9.17, 15) is 4.79 Å². The van der Waals surface area contributed by atoms with Crippen LogP contribution in [-0.4, -0.2) is 33.8 Å². The Hall–Kier alpha value is -2.50. The number of Topliss-reactive ketones (excluding diaryl/α,β-unsaturated/α-hetero) is 1. The van der Waals surface area contributed by atoms with Gasteiger partial charge >= 0.3 is 0 Å². The van der Waals surface area contributed by atoms with Gasteiger partial charge in [-0.1, -0.05) is 12.2 Å². The molecule has 2 N–H and O–H groups in total. The van der Waals surface area contributed by atoms with Crippen LogP contribution in [0, 0.1) is 0 Å². The molecule has 0 amide bonds. The SMILES string of the molecule is Nc1nc(N2CCCCC2)nc2nc3c(c(C4CC=CCC4)c12)C(=O)CCC3. The van der Waals surface area contributed by atoms with Crippen LogP contribution in [-0.2, 0) is 6.42 Å². The Labute approximate surface area is 165 Å². The van der Waals surface area contributed by atoms with E-state index >= 15 is 0 Å². The van der Waals surface area contributed by atoms with Crippen LogP contribution in [0.5, 0.6) is 0 Å². The molecule has 0 spiro atoms. The first-order valence-electron chi connectivity index (χ1n) is 10.7. The molecule has 2 aromatic heterocycles. The van der Waals surface area contributed by atoms with E-state index in [1.54, 1.807) is 0 Å². The van der Waals surface area contributed by atoms with Crippen molar-refractivity contribution in [1.82, 2.24) is 15.0 Å². The highest BCUT2D eigenvalue weighted by atomic mass is 16.1. The van der Waals surface area contributed by atoms with E-state index in [1.165, 1.54) is 6.42 Å². The molecule has 5 rings (SSSR count). The van der Waals surface area contributed by atoms with Gasteiger partial charge in [0, 0.05) is 25.1 Å². The summed E-state index contributed by atoms with van der Waals surface area (Å²) in [4.78, 5) is 29.4. The number of allylic oxidation sites excluding steroid dienone is 2. The Kier molecular flexibility index (Phi) is 4.49. The second-order valence-electron chi connectivity index (χ2n) is 8.26.